The van der Waals surface area contributed by atoms with Crippen molar-refractivity contribution in [2.24, 2.45) is 0 Å². The molecule has 1 rings (SSSR count). The Labute approximate surface area is 113 Å². The van der Waals surface area contributed by atoms with E-state index in [1.807, 2.05) is 24.1 Å². The van der Waals surface area contributed by atoms with Gasteiger partial charge in [0.25, 0.3) is 0 Å². The average molecular weight is 264 g/mol. The van der Waals surface area contributed by atoms with E-state index in [1.165, 1.54) is 5.56 Å². The van der Waals surface area contributed by atoms with E-state index in [-0.39, 0.29) is 19.0 Å². The van der Waals surface area contributed by atoms with Crippen molar-refractivity contribution in [3.63, 3.8) is 0 Å². The largest absolute Gasteiger partial charge is 0.480 e. The molecule has 104 valence electrons. The van der Waals surface area contributed by atoms with E-state index in [0.717, 1.165) is 12.0 Å². The molecule has 0 heterocycles. The third-order valence-electron chi connectivity index (χ3n) is 2.73. The van der Waals surface area contributed by atoms with Crippen molar-refractivity contribution >= 4 is 11.9 Å². The summed E-state index contributed by atoms with van der Waals surface area (Å²) in [5.74, 6) is -1.32. The number of aryl methyl sites for hydroxylation is 1. The van der Waals surface area contributed by atoms with Gasteiger partial charge in [0.2, 0.25) is 5.91 Å². The van der Waals surface area contributed by atoms with Crippen LogP contribution in [0.25, 0.3) is 0 Å². The maximum absolute atomic E-state index is 11.4. The first-order valence-corrected chi connectivity index (χ1v) is 6.26. The maximum atomic E-state index is 11.4. The number of benzene rings is 1. The number of nitrogens with one attached hydrogen (secondary N) is 1. The molecule has 0 saturated carbocycles. The number of rotatable bonds is 7. The van der Waals surface area contributed by atoms with Crippen molar-refractivity contribution in [2.45, 2.75) is 19.9 Å². The first kappa shape index (κ1) is 15.2. The van der Waals surface area contributed by atoms with Gasteiger partial charge in [0.15, 0.2) is 0 Å². The highest BCUT2D eigenvalue weighted by Gasteiger charge is 2.08. The number of carbonyl (C=O) groups excluding carboxylic acids is 1. The van der Waals surface area contributed by atoms with Crippen LogP contribution in [0.3, 0.4) is 0 Å². The molecule has 0 spiro atoms. The van der Waals surface area contributed by atoms with Crippen molar-refractivity contribution in [3.05, 3.63) is 35.4 Å². The molecular weight excluding hydrogens is 244 g/mol. The van der Waals surface area contributed by atoms with Crippen molar-refractivity contribution in [3.8, 4) is 0 Å². The van der Waals surface area contributed by atoms with Crippen LogP contribution < -0.4 is 5.32 Å². The molecule has 1 aromatic rings. The Bertz CT molecular complexity index is 429. The predicted molar refractivity (Wildman–Crippen MR) is 72.8 cm³/mol. The normalized spacial score (nSPS) is 10.5. The Morgan fingerprint density at radius 3 is 2.32 bits per heavy atom. The molecule has 0 radical (unpaired) electrons. The van der Waals surface area contributed by atoms with Gasteiger partial charge >= 0.3 is 5.97 Å². The van der Waals surface area contributed by atoms with E-state index in [1.54, 1.807) is 0 Å². The Morgan fingerprint density at radius 1 is 1.21 bits per heavy atom. The average Bonchev–Trinajstić information content (AvgIpc) is 2.37. The zero-order valence-electron chi connectivity index (χ0n) is 11.3. The minimum Gasteiger partial charge on any atom is -0.480 e. The number of hydrogen-bond acceptors (Lipinski definition) is 3. The first-order chi connectivity index (χ1) is 9.01. The minimum absolute atomic E-state index is 0.183. The number of carbonyl (C=O) groups is 2. The van der Waals surface area contributed by atoms with E-state index in [9.17, 15) is 9.59 Å². The van der Waals surface area contributed by atoms with Gasteiger partial charge in [-0.15, -0.1) is 0 Å². The zero-order chi connectivity index (χ0) is 14.3. The summed E-state index contributed by atoms with van der Waals surface area (Å²) in [7, 11) is 1.83. The molecule has 0 aliphatic heterocycles. The van der Waals surface area contributed by atoms with Crippen LogP contribution in [0.15, 0.2) is 24.3 Å². The molecule has 0 unspecified atom stereocenters. The van der Waals surface area contributed by atoms with Crippen LogP contribution in [0.5, 0.6) is 0 Å². The fraction of sp³-hybridized carbons (Fsp3) is 0.429. The summed E-state index contributed by atoms with van der Waals surface area (Å²) in [6.07, 6.45) is 1.01. The molecular formula is C14H20N2O3. The van der Waals surface area contributed by atoms with Gasteiger partial charge in [0.1, 0.15) is 6.54 Å². The molecule has 19 heavy (non-hydrogen) atoms. The summed E-state index contributed by atoms with van der Waals surface area (Å²) in [4.78, 5) is 23.6. The van der Waals surface area contributed by atoms with E-state index in [4.69, 9.17) is 5.11 Å². The SMILES string of the molecule is CCc1ccc(CN(C)CC(=O)NCC(=O)O)cc1. The number of amides is 1. The second kappa shape index (κ2) is 7.53. The lowest BCUT2D eigenvalue weighted by molar-refractivity contribution is -0.138. The van der Waals surface area contributed by atoms with Gasteiger partial charge in [-0.25, -0.2) is 0 Å². The number of carboxylic acids is 1. The van der Waals surface area contributed by atoms with Gasteiger partial charge in [0.05, 0.1) is 6.54 Å². The molecule has 1 aromatic carbocycles. The number of nitrogens with zero attached hydrogens (tertiary/aromatic N) is 1. The fourth-order valence-electron chi connectivity index (χ4n) is 1.72. The number of hydrogen-bond donors (Lipinski definition) is 2. The van der Waals surface area contributed by atoms with Crippen LogP contribution in [-0.4, -0.2) is 42.0 Å². The highest BCUT2D eigenvalue weighted by atomic mass is 16.4. The van der Waals surface area contributed by atoms with Crippen molar-refractivity contribution in [2.75, 3.05) is 20.1 Å². The van der Waals surface area contributed by atoms with E-state index in [0.29, 0.717) is 6.54 Å². The van der Waals surface area contributed by atoms with Crippen LogP contribution in [0.2, 0.25) is 0 Å². The van der Waals surface area contributed by atoms with Crippen molar-refractivity contribution in [1.29, 1.82) is 0 Å². The second-order valence-corrected chi connectivity index (χ2v) is 4.51. The molecule has 0 atom stereocenters. The molecule has 2 N–H and O–H groups in total. The Kier molecular flexibility index (Phi) is 6.02. The molecule has 0 saturated heterocycles. The number of likely N-dealkylation sites (N-methyl/N-ethyl adjacent to an activating group) is 1. The van der Waals surface area contributed by atoms with Crippen LogP contribution in [0.1, 0.15) is 18.1 Å². The van der Waals surface area contributed by atoms with Gasteiger partial charge < -0.3 is 10.4 Å². The highest BCUT2D eigenvalue weighted by molar-refractivity contribution is 5.82. The minimum atomic E-state index is -1.04. The summed E-state index contributed by atoms with van der Waals surface area (Å²) in [5, 5.41) is 10.8. The summed E-state index contributed by atoms with van der Waals surface area (Å²) < 4.78 is 0. The van der Waals surface area contributed by atoms with Crippen LogP contribution in [0.4, 0.5) is 0 Å². The molecule has 0 fully saturated rings. The van der Waals surface area contributed by atoms with Gasteiger partial charge in [-0.3, -0.25) is 14.5 Å². The summed E-state index contributed by atoms with van der Waals surface area (Å²) in [5.41, 5.74) is 2.41. The lowest BCUT2D eigenvalue weighted by atomic mass is 10.1. The van der Waals surface area contributed by atoms with Crippen LogP contribution in [0, 0.1) is 0 Å². The quantitative estimate of drug-likeness (QED) is 0.767. The standard InChI is InChI=1S/C14H20N2O3/c1-3-11-4-6-12(7-5-11)9-16(2)10-13(17)15-8-14(18)19/h4-7H,3,8-10H2,1-2H3,(H,15,17)(H,18,19). The molecule has 1 amide bonds. The second-order valence-electron chi connectivity index (χ2n) is 4.51. The Balaban J connectivity index is 2.39. The molecule has 5 heteroatoms. The van der Waals surface area contributed by atoms with Crippen LogP contribution >= 0.6 is 0 Å². The van der Waals surface area contributed by atoms with Crippen molar-refractivity contribution < 1.29 is 14.7 Å². The van der Waals surface area contributed by atoms with E-state index in [2.05, 4.69) is 24.4 Å². The fourth-order valence-corrected chi connectivity index (χ4v) is 1.72. The molecule has 0 aliphatic rings. The van der Waals surface area contributed by atoms with Gasteiger partial charge in [-0.2, -0.15) is 0 Å². The molecule has 5 nitrogen and oxygen atoms in total. The summed E-state index contributed by atoms with van der Waals surface area (Å²) >= 11 is 0. The molecule has 0 aromatic heterocycles. The predicted octanol–water partition coefficient (Wildman–Crippen LogP) is 0.882. The van der Waals surface area contributed by atoms with Gasteiger partial charge in [-0.05, 0) is 24.6 Å². The lowest BCUT2D eigenvalue weighted by Gasteiger charge is -2.16. The molecule has 0 bridgehead atoms. The number of aliphatic carboxylic acids is 1. The maximum Gasteiger partial charge on any atom is 0.322 e. The van der Waals surface area contributed by atoms with Crippen molar-refractivity contribution in [1.82, 2.24) is 10.2 Å². The Morgan fingerprint density at radius 2 is 1.79 bits per heavy atom. The number of carboxylic acid groups (broad SMARTS) is 1. The molecule has 0 aliphatic carbocycles. The smallest absolute Gasteiger partial charge is 0.322 e. The topological polar surface area (TPSA) is 69.6 Å². The first-order valence-electron chi connectivity index (χ1n) is 6.26. The Hall–Kier alpha value is -1.88. The summed E-state index contributed by atoms with van der Waals surface area (Å²) in [6.45, 7) is 2.61. The monoisotopic (exact) mass is 264 g/mol. The van der Waals surface area contributed by atoms with E-state index >= 15 is 0 Å². The van der Waals surface area contributed by atoms with Crippen LogP contribution in [-0.2, 0) is 22.6 Å². The third kappa shape index (κ3) is 6.01. The highest BCUT2D eigenvalue weighted by Crippen LogP contribution is 2.07. The zero-order valence-corrected chi connectivity index (χ0v) is 11.3. The van der Waals surface area contributed by atoms with Gasteiger partial charge in [0, 0.05) is 6.54 Å². The summed E-state index contributed by atoms with van der Waals surface area (Å²) in [6, 6.07) is 8.25. The third-order valence-corrected chi connectivity index (χ3v) is 2.73. The van der Waals surface area contributed by atoms with E-state index < -0.39 is 5.97 Å². The van der Waals surface area contributed by atoms with Gasteiger partial charge in [-0.1, -0.05) is 31.2 Å². The lowest BCUT2D eigenvalue weighted by Crippen LogP contribution is -2.37.